The predicted molar refractivity (Wildman–Crippen MR) is 78.9 cm³/mol. The summed E-state index contributed by atoms with van der Waals surface area (Å²) < 4.78 is 0. The van der Waals surface area contributed by atoms with Crippen molar-refractivity contribution in [1.29, 1.82) is 0 Å². The minimum absolute atomic E-state index is 0.183. The number of hydrogen-bond donors (Lipinski definition) is 2. The summed E-state index contributed by atoms with van der Waals surface area (Å²) in [6.07, 6.45) is 1.38. The van der Waals surface area contributed by atoms with Gasteiger partial charge in [0.25, 0.3) is 5.91 Å². The SMILES string of the molecule is CC(C)CNC(=O)c1cc(Nc2ccccc2)ncn1. The van der Waals surface area contributed by atoms with Crippen LogP contribution in [0.5, 0.6) is 0 Å². The Hall–Kier alpha value is -2.43. The van der Waals surface area contributed by atoms with Crippen LogP contribution in [0.2, 0.25) is 0 Å². The lowest BCUT2D eigenvalue weighted by atomic mass is 10.2. The maximum atomic E-state index is 11.9. The molecule has 0 fully saturated rings. The minimum Gasteiger partial charge on any atom is -0.350 e. The van der Waals surface area contributed by atoms with Crippen LogP contribution in [0, 0.1) is 5.92 Å². The summed E-state index contributed by atoms with van der Waals surface area (Å²) in [4.78, 5) is 20.0. The molecule has 1 aromatic heterocycles. The Morgan fingerprint density at radius 2 is 1.95 bits per heavy atom. The molecular formula is C15H18N4O. The molecule has 0 saturated heterocycles. The summed E-state index contributed by atoms with van der Waals surface area (Å²) >= 11 is 0. The van der Waals surface area contributed by atoms with E-state index in [1.54, 1.807) is 6.07 Å². The standard InChI is InChI=1S/C15H18N4O/c1-11(2)9-16-15(20)13-8-14(18-10-17-13)19-12-6-4-3-5-7-12/h3-8,10-11H,9H2,1-2H3,(H,16,20)(H,17,18,19). The number of nitrogens with one attached hydrogen (secondary N) is 2. The first-order valence-corrected chi connectivity index (χ1v) is 6.57. The lowest BCUT2D eigenvalue weighted by Gasteiger charge is -2.08. The second kappa shape index (κ2) is 6.65. The molecule has 1 amide bonds. The van der Waals surface area contributed by atoms with Gasteiger partial charge in [0.2, 0.25) is 0 Å². The normalized spacial score (nSPS) is 10.3. The number of amides is 1. The molecule has 5 heteroatoms. The topological polar surface area (TPSA) is 66.9 Å². The highest BCUT2D eigenvalue weighted by molar-refractivity contribution is 5.92. The van der Waals surface area contributed by atoms with E-state index in [2.05, 4.69) is 20.6 Å². The molecule has 104 valence electrons. The van der Waals surface area contributed by atoms with Crippen LogP contribution in [-0.4, -0.2) is 22.4 Å². The highest BCUT2D eigenvalue weighted by Gasteiger charge is 2.09. The Labute approximate surface area is 118 Å². The van der Waals surface area contributed by atoms with Crippen LogP contribution in [0.1, 0.15) is 24.3 Å². The van der Waals surface area contributed by atoms with Crippen LogP contribution in [0.15, 0.2) is 42.7 Å². The molecule has 0 aliphatic carbocycles. The van der Waals surface area contributed by atoms with Crippen LogP contribution in [0.3, 0.4) is 0 Å². The molecule has 20 heavy (non-hydrogen) atoms. The van der Waals surface area contributed by atoms with Gasteiger partial charge in [0.15, 0.2) is 0 Å². The lowest BCUT2D eigenvalue weighted by Crippen LogP contribution is -2.28. The van der Waals surface area contributed by atoms with Crippen molar-refractivity contribution in [3.63, 3.8) is 0 Å². The molecule has 0 saturated carbocycles. The molecule has 0 spiro atoms. The smallest absolute Gasteiger partial charge is 0.270 e. The fraction of sp³-hybridized carbons (Fsp3) is 0.267. The number of para-hydroxylation sites is 1. The summed E-state index contributed by atoms with van der Waals surface area (Å²) in [5.74, 6) is 0.820. The van der Waals surface area contributed by atoms with Crippen molar-refractivity contribution in [2.45, 2.75) is 13.8 Å². The average molecular weight is 270 g/mol. The van der Waals surface area contributed by atoms with Gasteiger partial charge in [-0.05, 0) is 18.1 Å². The van der Waals surface area contributed by atoms with E-state index in [-0.39, 0.29) is 5.91 Å². The highest BCUT2D eigenvalue weighted by Crippen LogP contribution is 2.13. The molecule has 1 aromatic carbocycles. The van der Waals surface area contributed by atoms with Gasteiger partial charge < -0.3 is 10.6 Å². The number of carbonyl (C=O) groups is 1. The van der Waals surface area contributed by atoms with Gasteiger partial charge in [0.1, 0.15) is 17.8 Å². The van der Waals surface area contributed by atoms with Crippen LogP contribution < -0.4 is 10.6 Å². The molecule has 2 rings (SSSR count). The maximum absolute atomic E-state index is 11.9. The average Bonchev–Trinajstić information content (AvgIpc) is 2.46. The van der Waals surface area contributed by atoms with Crippen molar-refractivity contribution in [2.75, 3.05) is 11.9 Å². The summed E-state index contributed by atoms with van der Waals surface area (Å²) in [6.45, 7) is 4.72. The van der Waals surface area contributed by atoms with Crippen molar-refractivity contribution in [3.05, 3.63) is 48.4 Å². The van der Waals surface area contributed by atoms with Gasteiger partial charge in [-0.1, -0.05) is 32.0 Å². The van der Waals surface area contributed by atoms with Gasteiger partial charge in [-0.25, -0.2) is 9.97 Å². The van der Waals surface area contributed by atoms with Gasteiger partial charge in [-0.2, -0.15) is 0 Å². The highest BCUT2D eigenvalue weighted by atomic mass is 16.1. The first-order valence-electron chi connectivity index (χ1n) is 6.57. The van der Waals surface area contributed by atoms with E-state index < -0.39 is 0 Å². The van der Waals surface area contributed by atoms with Crippen LogP contribution in [0.25, 0.3) is 0 Å². The molecule has 2 N–H and O–H groups in total. The van der Waals surface area contributed by atoms with Crippen molar-refractivity contribution < 1.29 is 4.79 Å². The molecule has 0 atom stereocenters. The van der Waals surface area contributed by atoms with E-state index in [0.29, 0.717) is 24.0 Å². The molecule has 0 aliphatic heterocycles. The van der Waals surface area contributed by atoms with Crippen LogP contribution >= 0.6 is 0 Å². The van der Waals surface area contributed by atoms with Crippen molar-refractivity contribution in [2.24, 2.45) is 5.92 Å². The fourth-order valence-corrected chi connectivity index (χ4v) is 1.61. The number of rotatable bonds is 5. The fourth-order valence-electron chi connectivity index (χ4n) is 1.61. The molecule has 0 aliphatic rings. The first kappa shape index (κ1) is 14.0. The van der Waals surface area contributed by atoms with Gasteiger partial charge in [0, 0.05) is 18.3 Å². The molecule has 2 aromatic rings. The van der Waals surface area contributed by atoms with E-state index in [4.69, 9.17) is 0 Å². The monoisotopic (exact) mass is 270 g/mol. The number of aromatic nitrogens is 2. The van der Waals surface area contributed by atoms with Gasteiger partial charge >= 0.3 is 0 Å². The summed E-state index contributed by atoms with van der Waals surface area (Å²) in [6, 6.07) is 11.3. The zero-order valence-electron chi connectivity index (χ0n) is 11.6. The number of carbonyl (C=O) groups excluding carboxylic acids is 1. The largest absolute Gasteiger partial charge is 0.350 e. The second-order valence-corrected chi connectivity index (χ2v) is 4.88. The Morgan fingerprint density at radius 1 is 1.20 bits per heavy atom. The van der Waals surface area contributed by atoms with E-state index in [1.807, 2.05) is 44.2 Å². The third-order valence-electron chi connectivity index (χ3n) is 2.62. The third-order valence-corrected chi connectivity index (χ3v) is 2.62. The van der Waals surface area contributed by atoms with Crippen LogP contribution in [-0.2, 0) is 0 Å². The zero-order chi connectivity index (χ0) is 14.4. The number of nitrogens with zero attached hydrogens (tertiary/aromatic N) is 2. The third kappa shape index (κ3) is 4.05. The Morgan fingerprint density at radius 3 is 2.65 bits per heavy atom. The van der Waals surface area contributed by atoms with Crippen molar-refractivity contribution in [3.8, 4) is 0 Å². The molecule has 0 radical (unpaired) electrons. The summed E-state index contributed by atoms with van der Waals surface area (Å²) in [5.41, 5.74) is 1.28. The first-order chi connectivity index (χ1) is 9.65. The number of anilines is 2. The lowest BCUT2D eigenvalue weighted by molar-refractivity contribution is 0.0944. The molecule has 1 heterocycles. The maximum Gasteiger partial charge on any atom is 0.270 e. The Balaban J connectivity index is 2.06. The summed E-state index contributed by atoms with van der Waals surface area (Å²) in [5, 5.41) is 5.97. The van der Waals surface area contributed by atoms with E-state index >= 15 is 0 Å². The quantitative estimate of drug-likeness (QED) is 0.876. The van der Waals surface area contributed by atoms with Crippen molar-refractivity contribution >= 4 is 17.4 Å². The minimum atomic E-state index is -0.183. The van der Waals surface area contributed by atoms with Crippen molar-refractivity contribution in [1.82, 2.24) is 15.3 Å². The Kier molecular flexibility index (Phi) is 4.65. The molecular weight excluding hydrogens is 252 g/mol. The van der Waals surface area contributed by atoms with E-state index in [9.17, 15) is 4.79 Å². The number of benzene rings is 1. The summed E-state index contributed by atoms with van der Waals surface area (Å²) in [7, 11) is 0. The van der Waals surface area contributed by atoms with Gasteiger partial charge in [-0.15, -0.1) is 0 Å². The predicted octanol–water partition coefficient (Wildman–Crippen LogP) is 2.61. The van der Waals surface area contributed by atoms with Gasteiger partial charge in [-0.3, -0.25) is 4.79 Å². The number of hydrogen-bond acceptors (Lipinski definition) is 4. The Bertz CT molecular complexity index is 569. The molecule has 0 bridgehead atoms. The molecule has 0 unspecified atom stereocenters. The van der Waals surface area contributed by atoms with Crippen LogP contribution in [0.4, 0.5) is 11.5 Å². The second-order valence-electron chi connectivity index (χ2n) is 4.88. The van der Waals surface area contributed by atoms with Gasteiger partial charge in [0.05, 0.1) is 0 Å². The zero-order valence-corrected chi connectivity index (χ0v) is 11.6. The molecule has 5 nitrogen and oxygen atoms in total. The van der Waals surface area contributed by atoms with E-state index in [1.165, 1.54) is 6.33 Å². The van der Waals surface area contributed by atoms with E-state index in [0.717, 1.165) is 5.69 Å².